The molecule has 4 rings (SSSR count). The molecule has 0 amide bonds. The summed E-state index contributed by atoms with van der Waals surface area (Å²) in [6.45, 7) is 0. The lowest BCUT2D eigenvalue weighted by Gasteiger charge is -2.37. The van der Waals surface area contributed by atoms with Gasteiger partial charge in [-0.1, -0.05) is 116 Å². The monoisotopic (exact) mass is 500 g/mol. The molecular weight excluding hydrogens is 482 g/mol. The highest BCUT2D eigenvalue weighted by Crippen LogP contribution is 2.45. The predicted molar refractivity (Wildman–Crippen MR) is 137 cm³/mol. The van der Waals surface area contributed by atoms with E-state index in [9.17, 15) is 0 Å². The highest BCUT2D eigenvalue weighted by atomic mass is 79.9. The van der Waals surface area contributed by atoms with E-state index in [1.807, 2.05) is 0 Å². The molecule has 0 saturated heterocycles. The minimum absolute atomic E-state index is 0.400. The molecule has 0 atom stereocenters. The number of hydrogen-bond acceptors (Lipinski definition) is 0. The summed E-state index contributed by atoms with van der Waals surface area (Å²) in [4.78, 5) is 0. The van der Waals surface area contributed by atoms with E-state index in [-0.39, 0.29) is 0 Å². The van der Waals surface area contributed by atoms with Gasteiger partial charge >= 0.3 is 0 Å². The molecule has 4 aromatic rings. The van der Waals surface area contributed by atoms with Crippen LogP contribution in [0.4, 0.5) is 0 Å². The van der Waals surface area contributed by atoms with E-state index in [2.05, 4.69) is 145 Å². The van der Waals surface area contributed by atoms with Crippen molar-refractivity contribution in [3.8, 4) is 0 Å². The fourth-order valence-electron chi connectivity index (χ4n) is 4.01. The molecule has 29 heavy (non-hydrogen) atoms. The maximum absolute atomic E-state index is 3.60. The first-order valence-corrected chi connectivity index (χ1v) is 11.2. The van der Waals surface area contributed by atoms with Crippen molar-refractivity contribution in [2.75, 3.05) is 0 Å². The third-order valence-electron chi connectivity index (χ3n) is 5.52. The van der Waals surface area contributed by atoms with E-state index in [4.69, 9.17) is 0 Å². The quantitative estimate of drug-likeness (QED) is 0.292. The Hall–Kier alpha value is -2.03. The summed E-state index contributed by atoms with van der Waals surface area (Å²) in [7, 11) is 4.27. The van der Waals surface area contributed by atoms with Gasteiger partial charge in [0.1, 0.15) is 15.7 Å². The van der Waals surface area contributed by atoms with E-state index in [1.165, 1.54) is 33.2 Å². The number of hydrogen-bond donors (Lipinski definition) is 0. The first-order valence-electron chi connectivity index (χ1n) is 9.66. The smallest absolute Gasteiger partial charge is 0.0889 e. The van der Waals surface area contributed by atoms with Crippen LogP contribution in [0.3, 0.4) is 0 Å². The summed E-state index contributed by atoms with van der Waals surface area (Å²) in [5, 5.41) is 0. The minimum atomic E-state index is -0.400. The zero-order valence-electron chi connectivity index (χ0n) is 16.5. The fraction of sp³-hybridized carbons (Fsp3) is 0.0400. The zero-order chi connectivity index (χ0) is 20.4. The van der Waals surface area contributed by atoms with Crippen LogP contribution < -0.4 is 10.9 Å². The maximum Gasteiger partial charge on any atom is 0.139 e. The van der Waals surface area contributed by atoms with Gasteiger partial charge in [0.05, 0.1) is 5.41 Å². The molecular formula is C25H20B2Br2. The molecule has 0 aliphatic carbocycles. The molecule has 0 aliphatic rings. The Kier molecular flexibility index (Phi) is 5.85. The molecule has 140 valence electrons. The first-order chi connectivity index (χ1) is 14.0. The van der Waals surface area contributed by atoms with Gasteiger partial charge in [-0.2, -0.15) is 0 Å². The minimum Gasteiger partial charge on any atom is -0.0889 e. The second kappa shape index (κ2) is 8.38. The van der Waals surface area contributed by atoms with Crippen molar-refractivity contribution in [1.29, 1.82) is 0 Å². The molecule has 0 aliphatic heterocycles. The summed E-state index contributed by atoms with van der Waals surface area (Å²) in [6.07, 6.45) is 0. The van der Waals surface area contributed by atoms with Crippen molar-refractivity contribution in [1.82, 2.24) is 0 Å². The second-order valence-corrected chi connectivity index (χ2v) is 9.33. The normalized spacial score (nSPS) is 11.4. The van der Waals surface area contributed by atoms with E-state index < -0.39 is 5.41 Å². The lowest BCUT2D eigenvalue weighted by atomic mass is 9.64. The summed E-state index contributed by atoms with van der Waals surface area (Å²) in [6, 6.07) is 35.3. The number of halogens is 2. The first kappa shape index (κ1) is 20.3. The fourth-order valence-corrected chi connectivity index (χ4v) is 4.54. The van der Waals surface area contributed by atoms with E-state index in [1.54, 1.807) is 0 Å². The van der Waals surface area contributed by atoms with Crippen LogP contribution in [-0.4, -0.2) is 15.7 Å². The summed E-state index contributed by atoms with van der Waals surface area (Å²) in [5.41, 5.74) is 7.14. The number of rotatable bonds is 4. The van der Waals surface area contributed by atoms with Gasteiger partial charge in [0, 0.05) is 8.95 Å². The standard InChI is InChI=1S/C25H20B2Br2/c26-21-9-1-17(2-10-21)25(18-3-11-22(27)12-4-18,19-5-13-23(28)14-6-19)20-7-15-24(29)16-8-20/h1-16H,26-27H2. The van der Waals surface area contributed by atoms with E-state index in [0.29, 0.717) is 0 Å². The Morgan fingerprint density at radius 3 is 0.931 bits per heavy atom. The summed E-state index contributed by atoms with van der Waals surface area (Å²) < 4.78 is 2.16. The topological polar surface area (TPSA) is 0 Å². The van der Waals surface area contributed by atoms with Gasteiger partial charge in [-0.25, -0.2) is 0 Å². The van der Waals surface area contributed by atoms with Gasteiger partial charge in [0.15, 0.2) is 0 Å². The van der Waals surface area contributed by atoms with Crippen molar-refractivity contribution in [2.45, 2.75) is 5.41 Å². The highest BCUT2D eigenvalue weighted by molar-refractivity contribution is 9.10. The maximum atomic E-state index is 3.60. The predicted octanol–water partition coefficient (Wildman–Crippen LogP) is 4.11. The van der Waals surface area contributed by atoms with Crippen LogP contribution in [0, 0.1) is 0 Å². The Morgan fingerprint density at radius 2 is 0.655 bits per heavy atom. The van der Waals surface area contributed by atoms with Gasteiger partial charge in [-0.3, -0.25) is 0 Å². The van der Waals surface area contributed by atoms with Crippen LogP contribution in [0.25, 0.3) is 0 Å². The van der Waals surface area contributed by atoms with Crippen LogP contribution in [0.5, 0.6) is 0 Å². The Morgan fingerprint density at radius 1 is 0.414 bits per heavy atom. The van der Waals surface area contributed by atoms with Crippen molar-refractivity contribution in [2.24, 2.45) is 0 Å². The molecule has 0 nitrogen and oxygen atoms in total. The van der Waals surface area contributed by atoms with Gasteiger partial charge in [0.2, 0.25) is 0 Å². The average Bonchev–Trinajstić information content (AvgIpc) is 2.73. The summed E-state index contributed by atoms with van der Waals surface area (Å²) in [5.74, 6) is 0. The molecule has 0 radical (unpaired) electrons. The van der Waals surface area contributed by atoms with Crippen LogP contribution >= 0.6 is 31.9 Å². The Bertz CT molecular complexity index is 914. The molecule has 0 unspecified atom stereocenters. The van der Waals surface area contributed by atoms with Crippen LogP contribution in [0.15, 0.2) is 106 Å². The largest absolute Gasteiger partial charge is 0.139 e. The van der Waals surface area contributed by atoms with Crippen molar-refractivity contribution < 1.29 is 0 Å². The lowest BCUT2D eigenvalue weighted by Crippen LogP contribution is -2.31. The Balaban J connectivity index is 2.11. The third-order valence-corrected chi connectivity index (χ3v) is 6.58. The van der Waals surface area contributed by atoms with Gasteiger partial charge < -0.3 is 0 Å². The number of benzene rings is 4. The third kappa shape index (κ3) is 3.89. The molecule has 0 spiro atoms. The SMILES string of the molecule is Bc1ccc(C(c2ccc(B)cc2)(c2ccc(Br)cc2)c2ccc(Br)cc2)cc1. The van der Waals surface area contributed by atoms with Gasteiger partial charge in [-0.15, -0.1) is 0 Å². The molecule has 0 N–H and O–H groups in total. The molecule has 0 saturated carbocycles. The molecule has 4 aromatic carbocycles. The van der Waals surface area contributed by atoms with Crippen molar-refractivity contribution >= 4 is 58.5 Å². The average molecular weight is 502 g/mol. The zero-order valence-corrected chi connectivity index (χ0v) is 19.7. The lowest BCUT2D eigenvalue weighted by molar-refractivity contribution is 0.745. The van der Waals surface area contributed by atoms with Crippen LogP contribution in [0.2, 0.25) is 0 Å². The van der Waals surface area contributed by atoms with Gasteiger partial charge in [0.25, 0.3) is 0 Å². The molecule has 4 heteroatoms. The van der Waals surface area contributed by atoms with Crippen LogP contribution in [-0.2, 0) is 5.41 Å². The van der Waals surface area contributed by atoms with E-state index >= 15 is 0 Å². The molecule has 0 heterocycles. The Labute approximate surface area is 191 Å². The second-order valence-electron chi connectivity index (χ2n) is 7.50. The van der Waals surface area contributed by atoms with Gasteiger partial charge in [-0.05, 0) is 46.5 Å². The van der Waals surface area contributed by atoms with E-state index in [0.717, 1.165) is 8.95 Å². The van der Waals surface area contributed by atoms with Crippen LogP contribution in [0.1, 0.15) is 22.3 Å². The van der Waals surface area contributed by atoms with Crippen molar-refractivity contribution in [3.63, 3.8) is 0 Å². The molecule has 0 aromatic heterocycles. The highest BCUT2D eigenvalue weighted by Gasteiger charge is 2.38. The summed E-state index contributed by atoms with van der Waals surface area (Å²) >= 11 is 7.21. The molecule has 0 bridgehead atoms. The van der Waals surface area contributed by atoms with Crippen molar-refractivity contribution in [3.05, 3.63) is 128 Å². The molecule has 0 fully saturated rings.